The summed E-state index contributed by atoms with van der Waals surface area (Å²) in [5.41, 5.74) is 1.17. The average molecular weight is 245 g/mol. The molecule has 0 radical (unpaired) electrons. The maximum absolute atomic E-state index is 11.4. The van der Waals surface area contributed by atoms with Crippen molar-refractivity contribution in [3.63, 3.8) is 0 Å². The number of benzene rings is 1. The Hall–Kier alpha value is -2.03. The first-order chi connectivity index (χ1) is 8.76. The third-order valence-corrected chi connectivity index (χ3v) is 2.42. The Morgan fingerprint density at radius 1 is 1.28 bits per heavy atom. The standard InChI is InChI=1S/C15H19NO2/c1-3-4-5-6-15(17)16-12-11-13-7-9-14(18-2)10-8-13/h3-10H,11-12H2,1-2H3,(H,16,17)/b4-3+,6-5+. The molecule has 1 amide bonds. The van der Waals surface area contributed by atoms with Gasteiger partial charge in [0.15, 0.2) is 0 Å². The zero-order valence-corrected chi connectivity index (χ0v) is 10.8. The molecule has 18 heavy (non-hydrogen) atoms. The van der Waals surface area contributed by atoms with Gasteiger partial charge in [-0.3, -0.25) is 4.79 Å². The Bertz CT molecular complexity index is 419. The zero-order chi connectivity index (χ0) is 13.2. The summed E-state index contributed by atoms with van der Waals surface area (Å²) in [4.78, 5) is 11.4. The summed E-state index contributed by atoms with van der Waals surface area (Å²) in [5.74, 6) is 0.777. The number of carbonyl (C=O) groups excluding carboxylic acids is 1. The van der Waals surface area contributed by atoms with Crippen LogP contribution in [0.4, 0.5) is 0 Å². The second-order valence-electron chi connectivity index (χ2n) is 3.77. The molecule has 96 valence electrons. The van der Waals surface area contributed by atoms with E-state index in [1.807, 2.05) is 43.3 Å². The fraction of sp³-hybridized carbons (Fsp3) is 0.267. The molecule has 0 bridgehead atoms. The van der Waals surface area contributed by atoms with Crippen molar-refractivity contribution in [3.05, 3.63) is 54.1 Å². The van der Waals surface area contributed by atoms with E-state index < -0.39 is 0 Å². The second kappa shape index (κ2) is 8.12. The van der Waals surface area contributed by atoms with Crippen molar-refractivity contribution < 1.29 is 9.53 Å². The lowest BCUT2D eigenvalue weighted by atomic mass is 10.1. The van der Waals surface area contributed by atoms with Gasteiger partial charge in [0.05, 0.1) is 7.11 Å². The Morgan fingerprint density at radius 3 is 2.61 bits per heavy atom. The summed E-state index contributed by atoms with van der Waals surface area (Å²) < 4.78 is 5.08. The fourth-order valence-corrected chi connectivity index (χ4v) is 1.44. The molecule has 1 N–H and O–H groups in total. The smallest absolute Gasteiger partial charge is 0.243 e. The molecule has 3 nitrogen and oxygen atoms in total. The van der Waals surface area contributed by atoms with Gasteiger partial charge < -0.3 is 10.1 Å². The lowest BCUT2D eigenvalue weighted by Gasteiger charge is -2.04. The van der Waals surface area contributed by atoms with Gasteiger partial charge in [0.2, 0.25) is 5.91 Å². The first kappa shape index (κ1) is 14.0. The number of nitrogens with one attached hydrogen (secondary N) is 1. The van der Waals surface area contributed by atoms with Gasteiger partial charge in [0.25, 0.3) is 0 Å². The summed E-state index contributed by atoms with van der Waals surface area (Å²) in [6, 6.07) is 7.84. The van der Waals surface area contributed by atoms with E-state index in [4.69, 9.17) is 4.74 Å². The van der Waals surface area contributed by atoms with Crippen LogP contribution in [0.2, 0.25) is 0 Å². The van der Waals surface area contributed by atoms with Crippen molar-refractivity contribution in [2.75, 3.05) is 13.7 Å². The highest BCUT2D eigenvalue weighted by Crippen LogP contribution is 2.11. The predicted octanol–water partition coefficient (Wildman–Crippen LogP) is 2.49. The summed E-state index contributed by atoms with van der Waals surface area (Å²) in [7, 11) is 1.65. The fourth-order valence-electron chi connectivity index (χ4n) is 1.44. The normalized spacial score (nSPS) is 11.0. The largest absolute Gasteiger partial charge is 0.497 e. The van der Waals surface area contributed by atoms with Crippen molar-refractivity contribution in [3.8, 4) is 5.75 Å². The Kier molecular flexibility index (Phi) is 6.33. The maximum Gasteiger partial charge on any atom is 0.243 e. The number of hydrogen-bond donors (Lipinski definition) is 1. The number of ether oxygens (including phenoxy) is 1. The number of rotatable bonds is 6. The minimum absolute atomic E-state index is 0.0680. The van der Waals surface area contributed by atoms with Crippen molar-refractivity contribution >= 4 is 5.91 Å². The number of hydrogen-bond acceptors (Lipinski definition) is 2. The molecular formula is C15H19NO2. The minimum atomic E-state index is -0.0680. The molecule has 3 heteroatoms. The van der Waals surface area contributed by atoms with Crippen molar-refractivity contribution in [1.29, 1.82) is 0 Å². The van der Waals surface area contributed by atoms with Gasteiger partial charge in [-0.2, -0.15) is 0 Å². The van der Waals surface area contributed by atoms with Crippen LogP contribution in [-0.2, 0) is 11.2 Å². The van der Waals surface area contributed by atoms with Gasteiger partial charge in [0.1, 0.15) is 5.75 Å². The molecular weight excluding hydrogens is 226 g/mol. The summed E-state index contributed by atoms with van der Waals surface area (Å²) >= 11 is 0. The van der Waals surface area contributed by atoms with Gasteiger partial charge in [-0.1, -0.05) is 30.4 Å². The van der Waals surface area contributed by atoms with E-state index in [0.717, 1.165) is 12.2 Å². The third kappa shape index (κ3) is 5.34. The second-order valence-corrected chi connectivity index (χ2v) is 3.77. The molecule has 0 aliphatic heterocycles. The van der Waals surface area contributed by atoms with E-state index in [-0.39, 0.29) is 5.91 Å². The van der Waals surface area contributed by atoms with E-state index >= 15 is 0 Å². The topological polar surface area (TPSA) is 38.3 Å². The number of carbonyl (C=O) groups is 1. The zero-order valence-electron chi connectivity index (χ0n) is 10.8. The number of amides is 1. The summed E-state index contributed by atoms with van der Waals surface area (Å²) in [5, 5.41) is 2.83. The molecule has 0 aliphatic carbocycles. The predicted molar refractivity (Wildman–Crippen MR) is 73.7 cm³/mol. The molecule has 0 atom stereocenters. The van der Waals surface area contributed by atoms with E-state index in [0.29, 0.717) is 6.54 Å². The minimum Gasteiger partial charge on any atom is -0.497 e. The van der Waals surface area contributed by atoms with Crippen molar-refractivity contribution in [1.82, 2.24) is 5.32 Å². The lowest BCUT2D eigenvalue weighted by molar-refractivity contribution is -0.116. The highest BCUT2D eigenvalue weighted by molar-refractivity contribution is 5.87. The van der Waals surface area contributed by atoms with E-state index in [2.05, 4.69) is 5.32 Å². The first-order valence-corrected chi connectivity index (χ1v) is 5.96. The lowest BCUT2D eigenvalue weighted by Crippen LogP contribution is -2.23. The van der Waals surface area contributed by atoms with Crippen molar-refractivity contribution in [2.24, 2.45) is 0 Å². The van der Waals surface area contributed by atoms with E-state index in [9.17, 15) is 4.79 Å². The summed E-state index contributed by atoms with van der Waals surface area (Å²) in [6.07, 6.45) is 7.76. The molecule has 0 aliphatic rings. The summed E-state index contributed by atoms with van der Waals surface area (Å²) in [6.45, 7) is 2.54. The van der Waals surface area contributed by atoms with Crippen LogP contribution in [-0.4, -0.2) is 19.6 Å². The third-order valence-electron chi connectivity index (χ3n) is 2.42. The molecule has 0 saturated carbocycles. The van der Waals surface area contributed by atoms with Crippen LogP contribution in [0.3, 0.4) is 0 Å². The maximum atomic E-state index is 11.4. The molecule has 1 aromatic rings. The number of methoxy groups -OCH3 is 1. The number of allylic oxidation sites excluding steroid dienone is 3. The Balaban J connectivity index is 2.30. The van der Waals surface area contributed by atoms with Gasteiger partial charge in [0, 0.05) is 12.6 Å². The van der Waals surface area contributed by atoms with Crippen molar-refractivity contribution in [2.45, 2.75) is 13.3 Å². The SMILES string of the molecule is C/C=C/C=C/C(=O)NCCc1ccc(OC)cc1. The molecule has 0 aromatic heterocycles. The Morgan fingerprint density at radius 2 is 2.00 bits per heavy atom. The van der Waals surface area contributed by atoms with Gasteiger partial charge in [-0.25, -0.2) is 0 Å². The van der Waals surface area contributed by atoms with Crippen LogP contribution in [0, 0.1) is 0 Å². The van der Waals surface area contributed by atoms with Gasteiger partial charge >= 0.3 is 0 Å². The first-order valence-electron chi connectivity index (χ1n) is 5.96. The average Bonchev–Trinajstić information content (AvgIpc) is 2.40. The molecule has 1 rings (SSSR count). The van der Waals surface area contributed by atoms with E-state index in [1.165, 1.54) is 11.6 Å². The monoisotopic (exact) mass is 245 g/mol. The highest BCUT2D eigenvalue weighted by Gasteiger charge is 1.96. The van der Waals surface area contributed by atoms with Crippen LogP contribution in [0.15, 0.2) is 48.6 Å². The van der Waals surface area contributed by atoms with E-state index in [1.54, 1.807) is 13.2 Å². The molecule has 1 aromatic carbocycles. The Labute approximate surface area is 108 Å². The molecule has 0 unspecified atom stereocenters. The van der Waals surface area contributed by atoms with Crippen LogP contribution in [0.25, 0.3) is 0 Å². The molecule has 0 heterocycles. The van der Waals surface area contributed by atoms with Crippen LogP contribution in [0.1, 0.15) is 12.5 Å². The van der Waals surface area contributed by atoms with Crippen LogP contribution >= 0.6 is 0 Å². The molecule has 0 saturated heterocycles. The molecule has 0 fully saturated rings. The highest BCUT2D eigenvalue weighted by atomic mass is 16.5. The molecule has 0 spiro atoms. The quantitative estimate of drug-likeness (QED) is 0.617. The van der Waals surface area contributed by atoms with Gasteiger partial charge in [-0.05, 0) is 31.0 Å². The van der Waals surface area contributed by atoms with Crippen LogP contribution < -0.4 is 10.1 Å². The van der Waals surface area contributed by atoms with Gasteiger partial charge in [-0.15, -0.1) is 0 Å². The van der Waals surface area contributed by atoms with Crippen LogP contribution in [0.5, 0.6) is 5.75 Å².